The lowest BCUT2D eigenvalue weighted by Crippen LogP contribution is -2.33. The Kier molecular flexibility index (Phi) is 3.51. The number of nitriles is 1. The molecule has 3 rings (SSSR count). The second-order valence-electron chi connectivity index (χ2n) is 5.20. The van der Waals surface area contributed by atoms with Gasteiger partial charge in [-0.3, -0.25) is 9.69 Å². The van der Waals surface area contributed by atoms with Crippen molar-refractivity contribution in [1.29, 1.82) is 5.26 Å². The summed E-state index contributed by atoms with van der Waals surface area (Å²) >= 11 is 1.39. The van der Waals surface area contributed by atoms with E-state index in [1.54, 1.807) is 6.07 Å². The number of nitrogens with zero attached hydrogens (tertiary/aromatic N) is 2. The van der Waals surface area contributed by atoms with E-state index in [9.17, 15) is 4.79 Å². The summed E-state index contributed by atoms with van der Waals surface area (Å²) < 4.78 is 0. The van der Waals surface area contributed by atoms with Gasteiger partial charge in [0.1, 0.15) is 11.1 Å². The number of nitrogens with one attached hydrogen (secondary N) is 2. The Hall–Kier alpha value is -1.42. The largest absolute Gasteiger partial charge is 0.316 e. The summed E-state index contributed by atoms with van der Waals surface area (Å²) in [4.78, 5) is 14.2. The second kappa shape index (κ2) is 5.29. The van der Waals surface area contributed by atoms with Crippen LogP contribution >= 0.6 is 11.3 Å². The van der Waals surface area contributed by atoms with Crippen molar-refractivity contribution in [2.24, 2.45) is 11.8 Å². The summed E-state index contributed by atoms with van der Waals surface area (Å²) in [5.74, 6) is 1.38. The molecule has 2 aliphatic heterocycles. The first-order chi connectivity index (χ1) is 9.26. The molecule has 6 heteroatoms. The molecule has 0 radical (unpaired) electrons. The monoisotopic (exact) mass is 276 g/mol. The van der Waals surface area contributed by atoms with Crippen LogP contribution in [-0.4, -0.2) is 43.5 Å². The molecule has 2 aliphatic rings. The van der Waals surface area contributed by atoms with E-state index >= 15 is 0 Å². The van der Waals surface area contributed by atoms with E-state index in [2.05, 4.69) is 21.6 Å². The molecule has 0 saturated carbocycles. The molecule has 2 saturated heterocycles. The molecule has 0 aromatic carbocycles. The highest BCUT2D eigenvalue weighted by Crippen LogP contribution is 2.26. The topological polar surface area (TPSA) is 68.2 Å². The summed E-state index contributed by atoms with van der Waals surface area (Å²) in [6.07, 6.45) is 0. The van der Waals surface area contributed by atoms with Crippen molar-refractivity contribution in [2.45, 2.75) is 0 Å². The van der Waals surface area contributed by atoms with Crippen LogP contribution in [0.25, 0.3) is 0 Å². The molecule has 100 valence electrons. The standard InChI is InChI=1S/C13H16N4OS/c14-3-9-1-2-19-13(9)16-12(18)8-17-6-10-4-15-5-11(10)7-17/h1-2,10-11,15H,4-8H2,(H,16,18)/t10-,11+. The molecular weight excluding hydrogens is 260 g/mol. The van der Waals surface area contributed by atoms with Gasteiger partial charge in [0.05, 0.1) is 12.1 Å². The van der Waals surface area contributed by atoms with Crippen molar-refractivity contribution in [3.63, 3.8) is 0 Å². The zero-order valence-corrected chi connectivity index (χ0v) is 11.4. The predicted octanol–water partition coefficient (Wildman–Crippen LogP) is 0.709. The first-order valence-corrected chi connectivity index (χ1v) is 7.34. The minimum Gasteiger partial charge on any atom is -0.316 e. The van der Waals surface area contributed by atoms with Crippen LogP contribution in [0, 0.1) is 23.2 Å². The van der Waals surface area contributed by atoms with Gasteiger partial charge in [0, 0.05) is 13.1 Å². The average Bonchev–Trinajstić information content (AvgIpc) is 3.03. The highest BCUT2D eigenvalue weighted by Gasteiger charge is 2.36. The molecule has 19 heavy (non-hydrogen) atoms. The van der Waals surface area contributed by atoms with Gasteiger partial charge in [-0.2, -0.15) is 5.26 Å². The van der Waals surface area contributed by atoms with Crippen LogP contribution in [0.1, 0.15) is 5.56 Å². The summed E-state index contributed by atoms with van der Waals surface area (Å²) in [6, 6.07) is 3.81. The molecule has 0 bridgehead atoms. The number of thiophene rings is 1. The first-order valence-electron chi connectivity index (χ1n) is 6.47. The van der Waals surface area contributed by atoms with Gasteiger partial charge in [-0.1, -0.05) is 0 Å². The number of hydrogen-bond acceptors (Lipinski definition) is 5. The smallest absolute Gasteiger partial charge is 0.239 e. The maximum absolute atomic E-state index is 12.0. The highest BCUT2D eigenvalue weighted by molar-refractivity contribution is 7.14. The summed E-state index contributed by atoms with van der Waals surface area (Å²) in [6.45, 7) is 4.58. The van der Waals surface area contributed by atoms with Crippen LogP contribution < -0.4 is 10.6 Å². The fourth-order valence-corrected chi connectivity index (χ4v) is 3.70. The fourth-order valence-electron chi connectivity index (χ4n) is 2.94. The van der Waals surface area contributed by atoms with Crippen molar-refractivity contribution in [2.75, 3.05) is 38.0 Å². The van der Waals surface area contributed by atoms with Gasteiger partial charge in [-0.15, -0.1) is 11.3 Å². The predicted molar refractivity (Wildman–Crippen MR) is 74.0 cm³/mol. The number of carbonyl (C=O) groups is 1. The minimum atomic E-state index is -0.0214. The van der Waals surface area contributed by atoms with Gasteiger partial charge >= 0.3 is 0 Å². The Morgan fingerprint density at radius 1 is 1.53 bits per heavy atom. The highest BCUT2D eigenvalue weighted by atomic mass is 32.1. The molecule has 0 aliphatic carbocycles. The molecule has 2 fully saturated rings. The van der Waals surface area contributed by atoms with Crippen LogP contribution in [0.4, 0.5) is 5.00 Å². The molecule has 1 aromatic rings. The Morgan fingerprint density at radius 2 is 2.26 bits per heavy atom. The van der Waals surface area contributed by atoms with Crippen molar-refractivity contribution >= 4 is 22.2 Å². The van der Waals surface area contributed by atoms with E-state index in [-0.39, 0.29) is 5.91 Å². The number of rotatable bonds is 3. The third-order valence-electron chi connectivity index (χ3n) is 3.87. The Balaban J connectivity index is 1.54. The molecule has 2 atom stereocenters. The normalized spacial score (nSPS) is 26.1. The Bertz CT molecular complexity index is 509. The molecule has 0 spiro atoms. The average molecular weight is 276 g/mol. The third kappa shape index (κ3) is 2.63. The number of amides is 1. The van der Waals surface area contributed by atoms with Crippen molar-refractivity contribution in [3.8, 4) is 6.07 Å². The number of hydrogen-bond donors (Lipinski definition) is 2. The summed E-state index contributed by atoms with van der Waals surface area (Å²) in [5.41, 5.74) is 0.542. The van der Waals surface area contributed by atoms with E-state index < -0.39 is 0 Å². The van der Waals surface area contributed by atoms with E-state index in [4.69, 9.17) is 5.26 Å². The second-order valence-corrected chi connectivity index (χ2v) is 6.11. The molecule has 3 heterocycles. The SMILES string of the molecule is N#Cc1ccsc1NC(=O)CN1C[C@H]2CNC[C@H]2C1. The van der Waals surface area contributed by atoms with E-state index in [0.29, 0.717) is 28.9 Å². The van der Waals surface area contributed by atoms with Gasteiger partial charge in [0.25, 0.3) is 0 Å². The van der Waals surface area contributed by atoms with Gasteiger partial charge < -0.3 is 10.6 Å². The zero-order chi connectivity index (χ0) is 13.2. The zero-order valence-electron chi connectivity index (χ0n) is 10.6. The molecule has 5 nitrogen and oxygen atoms in total. The third-order valence-corrected chi connectivity index (χ3v) is 4.70. The van der Waals surface area contributed by atoms with Gasteiger partial charge in [-0.25, -0.2) is 0 Å². The number of likely N-dealkylation sites (tertiary alicyclic amines) is 1. The van der Waals surface area contributed by atoms with E-state index in [1.807, 2.05) is 5.38 Å². The summed E-state index contributed by atoms with van der Waals surface area (Å²) in [5, 5.41) is 17.6. The molecule has 0 unspecified atom stereocenters. The quantitative estimate of drug-likeness (QED) is 0.853. The van der Waals surface area contributed by atoms with Crippen LogP contribution in [0.3, 0.4) is 0 Å². The molecule has 1 amide bonds. The number of carbonyl (C=O) groups excluding carboxylic acids is 1. The number of anilines is 1. The van der Waals surface area contributed by atoms with Gasteiger partial charge in [-0.05, 0) is 36.4 Å². The molecular formula is C13H16N4OS. The fraction of sp³-hybridized carbons (Fsp3) is 0.538. The van der Waals surface area contributed by atoms with Crippen molar-refractivity contribution < 1.29 is 4.79 Å². The summed E-state index contributed by atoms with van der Waals surface area (Å²) in [7, 11) is 0. The van der Waals surface area contributed by atoms with Crippen LogP contribution in [-0.2, 0) is 4.79 Å². The van der Waals surface area contributed by atoms with Crippen LogP contribution in [0.2, 0.25) is 0 Å². The lowest BCUT2D eigenvalue weighted by Gasteiger charge is -2.16. The number of fused-ring (bicyclic) bond motifs is 1. The lowest BCUT2D eigenvalue weighted by molar-refractivity contribution is -0.117. The van der Waals surface area contributed by atoms with E-state index in [0.717, 1.165) is 26.2 Å². The van der Waals surface area contributed by atoms with E-state index in [1.165, 1.54) is 11.3 Å². The van der Waals surface area contributed by atoms with Crippen molar-refractivity contribution in [3.05, 3.63) is 17.0 Å². The lowest BCUT2D eigenvalue weighted by atomic mass is 10.0. The van der Waals surface area contributed by atoms with Crippen LogP contribution in [0.5, 0.6) is 0 Å². The molecule has 2 N–H and O–H groups in total. The van der Waals surface area contributed by atoms with Gasteiger partial charge in [0.15, 0.2) is 0 Å². The maximum Gasteiger partial charge on any atom is 0.239 e. The Morgan fingerprint density at radius 3 is 2.95 bits per heavy atom. The van der Waals surface area contributed by atoms with Crippen LogP contribution in [0.15, 0.2) is 11.4 Å². The van der Waals surface area contributed by atoms with Crippen molar-refractivity contribution in [1.82, 2.24) is 10.2 Å². The molecule has 1 aromatic heterocycles. The van der Waals surface area contributed by atoms with Gasteiger partial charge in [0.2, 0.25) is 5.91 Å². The minimum absolute atomic E-state index is 0.0214. The Labute approximate surface area is 116 Å². The maximum atomic E-state index is 12.0. The first kappa shape index (κ1) is 12.6.